The minimum atomic E-state index is -0.147. The van der Waals surface area contributed by atoms with Crippen molar-refractivity contribution in [1.82, 2.24) is 15.8 Å². The number of rotatable bonds is 5. The van der Waals surface area contributed by atoms with Crippen molar-refractivity contribution in [2.24, 2.45) is 11.8 Å². The van der Waals surface area contributed by atoms with Gasteiger partial charge in [-0.2, -0.15) is 0 Å². The van der Waals surface area contributed by atoms with E-state index in [1.807, 2.05) is 0 Å². The number of amides is 2. The molecular weight excluding hydrogens is 282 g/mol. The molecule has 0 radical (unpaired) electrons. The maximum atomic E-state index is 12.2. The molecule has 1 atom stereocenters. The number of nitrogens with one attached hydrogen (secondary N) is 2. The van der Waals surface area contributed by atoms with Gasteiger partial charge in [-0.1, -0.05) is 5.16 Å². The minimum absolute atomic E-state index is 0.0926. The van der Waals surface area contributed by atoms with Gasteiger partial charge >= 0.3 is 0 Å². The van der Waals surface area contributed by atoms with Crippen LogP contribution in [0.3, 0.4) is 0 Å². The van der Waals surface area contributed by atoms with Crippen LogP contribution in [0.2, 0.25) is 0 Å². The van der Waals surface area contributed by atoms with Gasteiger partial charge in [-0.3, -0.25) is 9.59 Å². The second-order valence-electron chi connectivity index (χ2n) is 6.81. The summed E-state index contributed by atoms with van der Waals surface area (Å²) in [6, 6.07) is 0.0926. The quantitative estimate of drug-likeness (QED) is 0.856. The molecule has 3 aliphatic carbocycles. The molecule has 1 aromatic heterocycles. The molecule has 3 aliphatic rings. The molecule has 2 amide bonds. The van der Waals surface area contributed by atoms with Crippen LogP contribution in [-0.2, 0) is 17.6 Å². The lowest BCUT2D eigenvalue weighted by molar-refractivity contribution is -0.123. The Labute approximate surface area is 129 Å². The van der Waals surface area contributed by atoms with Crippen molar-refractivity contribution in [1.29, 1.82) is 0 Å². The van der Waals surface area contributed by atoms with Gasteiger partial charge in [-0.05, 0) is 44.4 Å². The van der Waals surface area contributed by atoms with E-state index in [9.17, 15) is 9.59 Å². The van der Waals surface area contributed by atoms with Gasteiger partial charge in [-0.25, -0.2) is 0 Å². The first-order valence-electron chi connectivity index (χ1n) is 8.26. The molecule has 22 heavy (non-hydrogen) atoms. The average Bonchev–Trinajstić information content (AvgIpc) is 3.41. The summed E-state index contributed by atoms with van der Waals surface area (Å²) in [6.45, 7) is 0.725. The first-order valence-corrected chi connectivity index (χ1v) is 8.26. The number of hydrogen-bond acceptors (Lipinski definition) is 4. The zero-order valence-electron chi connectivity index (χ0n) is 12.6. The number of aromatic nitrogens is 1. The van der Waals surface area contributed by atoms with E-state index in [1.54, 1.807) is 0 Å². The van der Waals surface area contributed by atoms with Gasteiger partial charge in [0.15, 0.2) is 5.69 Å². The normalized spacial score (nSPS) is 23.7. The van der Waals surface area contributed by atoms with Crippen molar-refractivity contribution in [2.75, 3.05) is 6.54 Å². The van der Waals surface area contributed by atoms with Crippen molar-refractivity contribution in [3.05, 3.63) is 17.0 Å². The Bertz CT molecular complexity index is 602. The maximum absolute atomic E-state index is 12.2. The summed E-state index contributed by atoms with van der Waals surface area (Å²) in [5.74, 6) is 1.66. The van der Waals surface area contributed by atoms with Gasteiger partial charge < -0.3 is 15.2 Å². The Balaban J connectivity index is 1.41. The highest BCUT2D eigenvalue weighted by Gasteiger charge is 2.34. The summed E-state index contributed by atoms with van der Waals surface area (Å²) in [7, 11) is 0. The maximum Gasteiger partial charge on any atom is 0.273 e. The van der Waals surface area contributed by atoms with E-state index in [4.69, 9.17) is 4.52 Å². The summed E-state index contributed by atoms with van der Waals surface area (Å²) in [4.78, 5) is 24.1. The van der Waals surface area contributed by atoms with Crippen LogP contribution in [0.4, 0.5) is 0 Å². The first-order chi connectivity index (χ1) is 10.7. The highest BCUT2D eigenvalue weighted by atomic mass is 16.5. The van der Waals surface area contributed by atoms with E-state index >= 15 is 0 Å². The van der Waals surface area contributed by atoms with Crippen molar-refractivity contribution < 1.29 is 14.1 Å². The lowest BCUT2D eigenvalue weighted by Crippen LogP contribution is -2.40. The smallest absolute Gasteiger partial charge is 0.273 e. The van der Waals surface area contributed by atoms with Gasteiger partial charge in [0.2, 0.25) is 5.91 Å². The molecular formula is C16H21N3O3. The molecule has 0 bridgehead atoms. The van der Waals surface area contributed by atoms with Gasteiger partial charge in [0.1, 0.15) is 5.76 Å². The van der Waals surface area contributed by atoms with Crippen molar-refractivity contribution in [3.63, 3.8) is 0 Å². The first kappa shape index (κ1) is 13.8. The predicted molar refractivity (Wildman–Crippen MR) is 78.2 cm³/mol. The van der Waals surface area contributed by atoms with Gasteiger partial charge in [0, 0.05) is 30.5 Å². The van der Waals surface area contributed by atoms with Crippen LogP contribution in [0.15, 0.2) is 4.52 Å². The standard InChI is InChI=1S/C16H21N3O3/c20-15(10-3-4-10)18-11-5-6-13-12(7-11)14(19-22-13)16(21)17-8-9-1-2-9/h9-11H,1-8H2,(H,17,21)(H,18,20). The van der Waals surface area contributed by atoms with E-state index in [0.29, 0.717) is 18.0 Å². The summed E-state index contributed by atoms with van der Waals surface area (Å²) in [5, 5.41) is 9.99. The Kier molecular flexibility index (Phi) is 3.39. The topological polar surface area (TPSA) is 84.2 Å². The molecule has 1 heterocycles. The van der Waals surface area contributed by atoms with Gasteiger partial charge in [0.05, 0.1) is 0 Å². The van der Waals surface area contributed by atoms with E-state index in [1.165, 1.54) is 12.8 Å². The molecule has 118 valence electrons. The number of carbonyl (C=O) groups is 2. The second-order valence-corrected chi connectivity index (χ2v) is 6.81. The second kappa shape index (κ2) is 5.41. The summed E-state index contributed by atoms with van der Waals surface area (Å²) in [5.41, 5.74) is 1.28. The lowest BCUT2D eigenvalue weighted by atomic mass is 9.91. The highest BCUT2D eigenvalue weighted by molar-refractivity contribution is 5.94. The Morgan fingerprint density at radius 2 is 2.00 bits per heavy atom. The molecule has 6 nitrogen and oxygen atoms in total. The molecule has 0 spiro atoms. The summed E-state index contributed by atoms with van der Waals surface area (Å²) in [6.07, 6.45) is 6.64. The molecule has 6 heteroatoms. The van der Waals surface area contributed by atoms with Crippen molar-refractivity contribution >= 4 is 11.8 Å². The fourth-order valence-electron chi connectivity index (χ4n) is 3.01. The van der Waals surface area contributed by atoms with Crippen LogP contribution in [-0.4, -0.2) is 29.6 Å². The number of aryl methyl sites for hydroxylation is 1. The van der Waals surface area contributed by atoms with Crippen LogP contribution < -0.4 is 10.6 Å². The molecule has 4 rings (SSSR count). The predicted octanol–water partition coefficient (Wildman–Crippen LogP) is 1.20. The number of carbonyl (C=O) groups excluding carboxylic acids is 2. The zero-order valence-corrected chi connectivity index (χ0v) is 12.6. The van der Waals surface area contributed by atoms with Gasteiger partial charge in [0.25, 0.3) is 5.91 Å². The number of fused-ring (bicyclic) bond motifs is 1. The van der Waals surface area contributed by atoms with Crippen LogP contribution in [0.5, 0.6) is 0 Å². The Hall–Kier alpha value is -1.85. The number of hydrogen-bond donors (Lipinski definition) is 2. The molecule has 0 aliphatic heterocycles. The van der Waals surface area contributed by atoms with Gasteiger partial charge in [-0.15, -0.1) is 0 Å². The fourth-order valence-corrected chi connectivity index (χ4v) is 3.01. The largest absolute Gasteiger partial charge is 0.360 e. The van der Waals surface area contributed by atoms with Crippen LogP contribution in [0.1, 0.15) is 53.9 Å². The monoisotopic (exact) mass is 303 g/mol. The number of nitrogens with zero attached hydrogens (tertiary/aromatic N) is 1. The molecule has 2 N–H and O–H groups in total. The SMILES string of the molecule is O=C(NCC1CC1)c1noc2c1CC(NC(=O)C1CC1)CC2. The minimum Gasteiger partial charge on any atom is -0.360 e. The molecule has 0 saturated heterocycles. The fraction of sp³-hybridized carbons (Fsp3) is 0.688. The van der Waals surface area contributed by atoms with E-state index in [-0.39, 0.29) is 23.8 Å². The average molecular weight is 303 g/mol. The van der Waals surface area contributed by atoms with E-state index in [2.05, 4.69) is 15.8 Å². The highest BCUT2D eigenvalue weighted by Crippen LogP contribution is 2.31. The van der Waals surface area contributed by atoms with E-state index in [0.717, 1.165) is 43.6 Å². The summed E-state index contributed by atoms with van der Waals surface area (Å²) >= 11 is 0. The molecule has 1 unspecified atom stereocenters. The van der Waals surface area contributed by atoms with E-state index < -0.39 is 0 Å². The third kappa shape index (κ3) is 2.87. The molecule has 1 aromatic rings. The lowest BCUT2D eigenvalue weighted by Gasteiger charge is -2.22. The van der Waals surface area contributed by atoms with Crippen LogP contribution in [0, 0.1) is 11.8 Å². The Morgan fingerprint density at radius 1 is 1.18 bits per heavy atom. The van der Waals surface area contributed by atoms with Crippen molar-refractivity contribution in [2.45, 2.75) is 51.0 Å². The van der Waals surface area contributed by atoms with Crippen molar-refractivity contribution in [3.8, 4) is 0 Å². The zero-order chi connectivity index (χ0) is 15.1. The van der Waals surface area contributed by atoms with Crippen LogP contribution in [0.25, 0.3) is 0 Å². The molecule has 2 saturated carbocycles. The molecule has 0 aromatic carbocycles. The third-order valence-electron chi connectivity index (χ3n) is 4.80. The Morgan fingerprint density at radius 3 is 2.73 bits per heavy atom. The molecule has 2 fully saturated rings. The van der Waals surface area contributed by atoms with Crippen LogP contribution >= 0.6 is 0 Å². The summed E-state index contributed by atoms with van der Waals surface area (Å²) < 4.78 is 5.32. The third-order valence-corrected chi connectivity index (χ3v) is 4.80.